The number of sulfonamides is 1. The SMILES string of the molecule is NC(=S)C1CCCN(S(=O)(=O)c2cccs2)C1. The van der Waals surface area contributed by atoms with Crippen LogP contribution in [0.15, 0.2) is 21.7 Å². The second-order valence-electron chi connectivity index (χ2n) is 4.04. The van der Waals surface area contributed by atoms with Crippen molar-refractivity contribution >= 4 is 38.6 Å². The lowest BCUT2D eigenvalue weighted by atomic mass is 10.0. The third-order valence-electron chi connectivity index (χ3n) is 2.88. The van der Waals surface area contributed by atoms with Gasteiger partial charge in [0.05, 0.1) is 4.99 Å². The number of hydrogen-bond acceptors (Lipinski definition) is 4. The van der Waals surface area contributed by atoms with E-state index in [2.05, 4.69) is 0 Å². The van der Waals surface area contributed by atoms with Gasteiger partial charge in [-0.2, -0.15) is 4.31 Å². The predicted octanol–water partition coefficient (Wildman–Crippen LogP) is 1.43. The molecule has 1 atom stereocenters. The lowest BCUT2D eigenvalue weighted by Gasteiger charge is -2.30. The zero-order chi connectivity index (χ0) is 12.5. The molecule has 0 aliphatic carbocycles. The molecule has 1 aliphatic heterocycles. The summed E-state index contributed by atoms with van der Waals surface area (Å²) in [5, 5.41) is 1.77. The van der Waals surface area contributed by atoms with E-state index in [1.54, 1.807) is 17.5 Å². The van der Waals surface area contributed by atoms with Crippen LogP contribution < -0.4 is 5.73 Å². The van der Waals surface area contributed by atoms with E-state index in [1.807, 2.05) is 0 Å². The minimum Gasteiger partial charge on any atom is -0.393 e. The fraction of sp³-hybridized carbons (Fsp3) is 0.500. The molecule has 0 aromatic carbocycles. The Morgan fingerprint density at radius 2 is 2.35 bits per heavy atom. The zero-order valence-corrected chi connectivity index (χ0v) is 11.7. The molecule has 1 aromatic rings. The van der Waals surface area contributed by atoms with E-state index in [4.69, 9.17) is 18.0 Å². The number of hydrogen-bond donors (Lipinski definition) is 1. The molecule has 0 radical (unpaired) electrons. The quantitative estimate of drug-likeness (QED) is 0.856. The lowest BCUT2D eigenvalue weighted by molar-refractivity contribution is 0.313. The van der Waals surface area contributed by atoms with Crippen LogP contribution in [0.3, 0.4) is 0 Å². The van der Waals surface area contributed by atoms with E-state index in [-0.39, 0.29) is 5.92 Å². The fourth-order valence-corrected chi connectivity index (χ4v) is 4.79. The van der Waals surface area contributed by atoms with Crippen molar-refractivity contribution < 1.29 is 8.42 Å². The van der Waals surface area contributed by atoms with Crippen LogP contribution in [0.5, 0.6) is 0 Å². The average Bonchev–Trinajstić information content (AvgIpc) is 2.83. The van der Waals surface area contributed by atoms with Crippen molar-refractivity contribution in [2.24, 2.45) is 11.7 Å². The lowest BCUT2D eigenvalue weighted by Crippen LogP contribution is -2.43. The first-order valence-corrected chi connectivity index (χ1v) is 8.07. The minimum absolute atomic E-state index is 0.00786. The highest BCUT2D eigenvalue weighted by atomic mass is 32.2. The van der Waals surface area contributed by atoms with Crippen LogP contribution in [-0.4, -0.2) is 30.8 Å². The van der Waals surface area contributed by atoms with Crippen molar-refractivity contribution in [3.8, 4) is 0 Å². The second-order valence-corrected chi connectivity index (χ2v) is 7.62. The van der Waals surface area contributed by atoms with Crippen LogP contribution in [-0.2, 0) is 10.0 Å². The predicted molar refractivity (Wildman–Crippen MR) is 72.6 cm³/mol. The molecule has 2 N–H and O–H groups in total. The van der Waals surface area contributed by atoms with Gasteiger partial charge in [-0.05, 0) is 24.3 Å². The topological polar surface area (TPSA) is 63.4 Å². The molecule has 0 spiro atoms. The summed E-state index contributed by atoms with van der Waals surface area (Å²) in [6.07, 6.45) is 1.69. The van der Waals surface area contributed by atoms with Gasteiger partial charge in [0.15, 0.2) is 0 Å². The Morgan fingerprint density at radius 1 is 1.59 bits per heavy atom. The second kappa shape index (κ2) is 5.01. The van der Waals surface area contributed by atoms with Gasteiger partial charge in [-0.3, -0.25) is 0 Å². The van der Waals surface area contributed by atoms with Crippen LogP contribution in [0, 0.1) is 5.92 Å². The number of piperidine rings is 1. The maximum atomic E-state index is 12.3. The van der Waals surface area contributed by atoms with Gasteiger partial charge in [0.1, 0.15) is 4.21 Å². The van der Waals surface area contributed by atoms with E-state index >= 15 is 0 Å². The summed E-state index contributed by atoms with van der Waals surface area (Å²) in [6.45, 7) is 0.967. The van der Waals surface area contributed by atoms with Crippen LogP contribution in [0.4, 0.5) is 0 Å². The highest BCUT2D eigenvalue weighted by Crippen LogP contribution is 2.26. The Balaban J connectivity index is 2.20. The fourth-order valence-electron chi connectivity index (χ4n) is 1.93. The van der Waals surface area contributed by atoms with E-state index in [0.29, 0.717) is 22.3 Å². The van der Waals surface area contributed by atoms with Crippen LogP contribution in [0.1, 0.15) is 12.8 Å². The maximum absolute atomic E-state index is 12.3. The highest BCUT2D eigenvalue weighted by Gasteiger charge is 2.31. The van der Waals surface area contributed by atoms with Crippen molar-refractivity contribution in [2.45, 2.75) is 17.1 Å². The minimum atomic E-state index is -3.35. The van der Waals surface area contributed by atoms with Gasteiger partial charge in [0.2, 0.25) is 0 Å². The molecule has 0 amide bonds. The molecule has 1 aromatic heterocycles. The Morgan fingerprint density at radius 3 is 2.94 bits per heavy atom. The number of thiophene rings is 1. The molecule has 0 saturated carbocycles. The van der Waals surface area contributed by atoms with Crippen molar-refractivity contribution in [1.82, 2.24) is 4.31 Å². The van der Waals surface area contributed by atoms with Gasteiger partial charge < -0.3 is 5.73 Å². The Labute approximate surface area is 110 Å². The first kappa shape index (κ1) is 12.9. The third kappa shape index (κ3) is 2.67. The Kier molecular flexibility index (Phi) is 3.82. The summed E-state index contributed by atoms with van der Waals surface area (Å²) in [7, 11) is -3.35. The monoisotopic (exact) mass is 290 g/mol. The van der Waals surface area contributed by atoms with Gasteiger partial charge in [-0.15, -0.1) is 11.3 Å². The molecular weight excluding hydrogens is 276 g/mol. The van der Waals surface area contributed by atoms with Gasteiger partial charge in [-0.25, -0.2) is 8.42 Å². The number of rotatable bonds is 3. The van der Waals surface area contributed by atoms with Crippen molar-refractivity contribution in [2.75, 3.05) is 13.1 Å². The summed E-state index contributed by atoms with van der Waals surface area (Å²) in [6, 6.07) is 3.37. The first-order valence-electron chi connectivity index (χ1n) is 5.35. The van der Waals surface area contributed by atoms with Gasteiger partial charge >= 0.3 is 0 Å². The first-order chi connectivity index (χ1) is 8.01. The number of nitrogens with two attached hydrogens (primary N) is 1. The summed E-state index contributed by atoms with van der Waals surface area (Å²) in [5.41, 5.74) is 5.60. The molecule has 94 valence electrons. The maximum Gasteiger partial charge on any atom is 0.252 e. The standard InChI is InChI=1S/C10H14N2O2S3/c11-10(15)8-3-1-5-12(7-8)17(13,14)9-4-2-6-16-9/h2,4,6,8H,1,3,5,7H2,(H2,11,15). The summed E-state index contributed by atoms with van der Waals surface area (Å²) in [4.78, 5) is 0.413. The Hall–Kier alpha value is -0.500. The van der Waals surface area contributed by atoms with E-state index in [1.165, 1.54) is 15.6 Å². The molecular formula is C10H14N2O2S3. The molecule has 17 heavy (non-hydrogen) atoms. The van der Waals surface area contributed by atoms with Crippen LogP contribution in [0.2, 0.25) is 0 Å². The summed E-state index contributed by atoms with van der Waals surface area (Å²) in [5.74, 6) is 0.00786. The largest absolute Gasteiger partial charge is 0.393 e. The van der Waals surface area contributed by atoms with E-state index in [0.717, 1.165) is 12.8 Å². The number of nitrogens with zero attached hydrogens (tertiary/aromatic N) is 1. The van der Waals surface area contributed by atoms with Crippen LogP contribution in [0.25, 0.3) is 0 Å². The Bertz CT molecular complexity index is 496. The molecule has 1 unspecified atom stereocenters. The molecule has 1 aliphatic rings. The normalized spacial score (nSPS) is 22.5. The van der Waals surface area contributed by atoms with Crippen molar-refractivity contribution in [3.05, 3.63) is 17.5 Å². The smallest absolute Gasteiger partial charge is 0.252 e. The van der Waals surface area contributed by atoms with Crippen LogP contribution >= 0.6 is 23.6 Å². The van der Waals surface area contributed by atoms with Crippen molar-refractivity contribution in [1.29, 1.82) is 0 Å². The highest BCUT2D eigenvalue weighted by molar-refractivity contribution is 7.91. The number of thiocarbonyl (C=S) groups is 1. The molecule has 2 rings (SSSR count). The average molecular weight is 290 g/mol. The molecule has 2 heterocycles. The van der Waals surface area contributed by atoms with Gasteiger partial charge in [0.25, 0.3) is 10.0 Å². The molecule has 7 heteroatoms. The van der Waals surface area contributed by atoms with E-state index in [9.17, 15) is 8.42 Å². The summed E-state index contributed by atoms with van der Waals surface area (Å²) >= 11 is 6.19. The summed E-state index contributed by atoms with van der Waals surface area (Å²) < 4.78 is 26.4. The molecule has 0 bridgehead atoms. The van der Waals surface area contributed by atoms with Crippen molar-refractivity contribution in [3.63, 3.8) is 0 Å². The molecule has 4 nitrogen and oxygen atoms in total. The molecule has 1 saturated heterocycles. The van der Waals surface area contributed by atoms with Gasteiger partial charge in [0, 0.05) is 19.0 Å². The van der Waals surface area contributed by atoms with E-state index < -0.39 is 10.0 Å². The van der Waals surface area contributed by atoms with Gasteiger partial charge in [-0.1, -0.05) is 18.3 Å². The third-order valence-corrected chi connectivity index (χ3v) is 6.45. The zero-order valence-electron chi connectivity index (χ0n) is 9.20. The molecule has 1 fully saturated rings.